The Morgan fingerprint density at radius 1 is 1.21 bits per heavy atom. The van der Waals surface area contributed by atoms with Crippen molar-refractivity contribution in [3.05, 3.63) is 65.5 Å². The van der Waals surface area contributed by atoms with Gasteiger partial charge in [-0.1, -0.05) is 0 Å². The minimum atomic E-state index is -0.926. The molecule has 0 radical (unpaired) electrons. The summed E-state index contributed by atoms with van der Waals surface area (Å²) in [6, 6.07) is 6.69. The Labute approximate surface area is 113 Å². The lowest BCUT2D eigenvalue weighted by molar-refractivity contribution is 0.0954. The lowest BCUT2D eigenvalue weighted by atomic mass is 9.99. The number of nitrogens with one attached hydrogen (secondary N) is 1. The average molecular weight is 283 g/mol. The van der Waals surface area contributed by atoms with Gasteiger partial charge in [-0.05, 0) is 53.7 Å². The normalized spacial score (nSPS) is 12.2. The number of ketones is 1. The molecule has 1 unspecified atom stereocenters. The van der Waals surface area contributed by atoms with Gasteiger partial charge < -0.3 is 0 Å². The first-order valence-electron chi connectivity index (χ1n) is 5.39. The van der Waals surface area contributed by atoms with Crippen LogP contribution in [-0.2, 0) is 0 Å². The van der Waals surface area contributed by atoms with E-state index in [1.807, 2.05) is 0 Å². The molecule has 0 saturated heterocycles. The fourth-order valence-corrected chi connectivity index (χ4v) is 1.87. The highest BCUT2D eigenvalue weighted by Crippen LogP contribution is 2.19. The first kappa shape index (κ1) is 13.6. The molecule has 0 saturated carbocycles. The van der Waals surface area contributed by atoms with Crippen LogP contribution in [0.25, 0.3) is 0 Å². The van der Waals surface area contributed by atoms with Gasteiger partial charge >= 0.3 is 0 Å². The second-order valence-electron chi connectivity index (χ2n) is 3.83. The number of nitrogens with zero attached hydrogens (tertiary/aromatic N) is 1. The third kappa shape index (κ3) is 3.13. The molecule has 1 N–H and O–H groups in total. The molecule has 0 aliphatic rings. The van der Waals surface area contributed by atoms with Gasteiger partial charge in [0.05, 0.1) is 0 Å². The summed E-state index contributed by atoms with van der Waals surface area (Å²) in [6.45, 7) is 0. The van der Waals surface area contributed by atoms with Crippen molar-refractivity contribution in [2.45, 2.75) is 6.04 Å². The molecule has 1 atom stereocenters. The molecular formula is C13H9ClF2N2O. The van der Waals surface area contributed by atoms with Crippen LogP contribution < -0.4 is 4.84 Å². The average Bonchev–Trinajstić information content (AvgIpc) is 2.40. The molecule has 6 heteroatoms. The molecule has 2 aromatic rings. The van der Waals surface area contributed by atoms with Crippen LogP contribution in [0.1, 0.15) is 22.0 Å². The molecule has 0 bridgehead atoms. The second-order valence-corrected chi connectivity index (χ2v) is 4.04. The van der Waals surface area contributed by atoms with Gasteiger partial charge in [0.1, 0.15) is 11.9 Å². The Kier molecular flexibility index (Phi) is 4.19. The maximum absolute atomic E-state index is 13.0. The van der Waals surface area contributed by atoms with Crippen LogP contribution in [0.5, 0.6) is 0 Å². The Morgan fingerprint density at radius 3 is 2.47 bits per heavy atom. The van der Waals surface area contributed by atoms with Crippen molar-refractivity contribution in [1.29, 1.82) is 0 Å². The van der Waals surface area contributed by atoms with Gasteiger partial charge in [-0.3, -0.25) is 4.79 Å². The maximum atomic E-state index is 13.0. The highest BCUT2D eigenvalue weighted by molar-refractivity contribution is 6.16. The molecule has 0 spiro atoms. The van der Waals surface area contributed by atoms with Gasteiger partial charge in [0.25, 0.3) is 0 Å². The van der Waals surface area contributed by atoms with Crippen LogP contribution in [0.4, 0.5) is 8.78 Å². The number of carbonyl (C=O) groups excluding carboxylic acids is 1. The standard InChI is InChI=1S/C13H9ClF2N2O/c14-18-12(9-5-6-17-11(16)7-9)13(19)8-1-3-10(15)4-2-8/h1-7,12,18H. The van der Waals surface area contributed by atoms with Gasteiger partial charge in [0, 0.05) is 11.8 Å². The summed E-state index contributed by atoms with van der Waals surface area (Å²) in [7, 11) is 0. The van der Waals surface area contributed by atoms with Crippen molar-refractivity contribution >= 4 is 17.6 Å². The van der Waals surface area contributed by atoms with Gasteiger partial charge in [-0.15, -0.1) is 0 Å². The summed E-state index contributed by atoms with van der Waals surface area (Å²) in [5, 5.41) is 0. The molecule has 1 heterocycles. The smallest absolute Gasteiger partial charge is 0.213 e. The van der Waals surface area contributed by atoms with E-state index in [2.05, 4.69) is 9.82 Å². The van der Waals surface area contributed by atoms with E-state index in [0.717, 1.165) is 6.07 Å². The summed E-state index contributed by atoms with van der Waals surface area (Å²) in [4.78, 5) is 17.9. The quantitative estimate of drug-likeness (QED) is 0.532. The molecule has 0 fully saturated rings. The van der Waals surface area contributed by atoms with E-state index in [1.165, 1.54) is 36.5 Å². The predicted octanol–water partition coefficient (Wildman–Crippen LogP) is 3.03. The van der Waals surface area contributed by atoms with Crippen LogP contribution in [-0.4, -0.2) is 10.8 Å². The third-order valence-corrected chi connectivity index (χ3v) is 2.80. The Morgan fingerprint density at radius 2 is 1.89 bits per heavy atom. The van der Waals surface area contributed by atoms with E-state index in [9.17, 15) is 13.6 Å². The zero-order valence-corrected chi connectivity index (χ0v) is 10.4. The highest BCUT2D eigenvalue weighted by atomic mass is 35.5. The first-order valence-corrected chi connectivity index (χ1v) is 5.77. The van der Waals surface area contributed by atoms with E-state index >= 15 is 0 Å². The zero-order chi connectivity index (χ0) is 13.8. The Bertz CT molecular complexity index is 589. The summed E-state index contributed by atoms with van der Waals surface area (Å²) in [5.41, 5.74) is 0.619. The SMILES string of the molecule is O=C(c1ccc(F)cc1)C(NCl)c1ccnc(F)c1. The molecule has 3 nitrogen and oxygen atoms in total. The van der Waals surface area contributed by atoms with Crippen molar-refractivity contribution in [2.24, 2.45) is 0 Å². The molecule has 0 aliphatic carbocycles. The predicted molar refractivity (Wildman–Crippen MR) is 66.7 cm³/mol. The van der Waals surface area contributed by atoms with Crippen molar-refractivity contribution in [3.63, 3.8) is 0 Å². The van der Waals surface area contributed by atoms with Crippen LogP contribution >= 0.6 is 11.8 Å². The molecule has 19 heavy (non-hydrogen) atoms. The van der Waals surface area contributed by atoms with Crippen LogP contribution in [0.2, 0.25) is 0 Å². The third-order valence-electron chi connectivity index (χ3n) is 2.58. The van der Waals surface area contributed by atoms with Gasteiger partial charge in [-0.25, -0.2) is 14.2 Å². The van der Waals surface area contributed by atoms with Crippen LogP contribution in [0, 0.1) is 11.8 Å². The monoisotopic (exact) mass is 282 g/mol. The van der Waals surface area contributed by atoms with Gasteiger partial charge in [-0.2, -0.15) is 4.39 Å². The molecule has 1 aromatic carbocycles. The summed E-state index contributed by atoms with van der Waals surface area (Å²) < 4.78 is 25.8. The van der Waals surface area contributed by atoms with E-state index in [0.29, 0.717) is 5.56 Å². The van der Waals surface area contributed by atoms with E-state index in [-0.39, 0.29) is 11.3 Å². The lowest BCUT2D eigenvalue weighted by Crippen LogP contribution is -2.22. The summed E-state index contributed by atoms with van der Waals surface area (Å²) >= 11 is 5.54. The first-order chi connectivity index (χ1) is 9.11. The number of pyridine rings is 1. The number of Topliss-reactive ketones (excluding diaryl/α,β-unsaturated/α-hetero) is 1. The lowest BCUT2D eigenvalue weighted by Gasteiger charge is -2.13. The molecule has 1 aromatic heterocycles. The number of hydrogen-bond donors (Lipinski definition) is 1. The van der Waals surface area contributed by atoms with Gasteiger partial charge in [0.15, 0.2) is 5.78 Å². The van der Waals surface area contributed by atoms with E-state index in [4.69, 9.17) is 11.8 Å². The van der Waals surface area contributed by atoms with Gasteiger partial charge in [0.2, 0.25) is 5.95 Å². The van der Waals surface area contributed by atoms with Crippen molar-refractivity contribution in [1.82, 2.24) is 9.82 Å². The number of aromatic nitrogens is 1. The number of rotatable bonds is 4. The fourth-order valence-electron chi connectivity index (χ4n) is 1.64. The fraction of sp³-hybridized carbons (Fsp3) is 0.0769. The Hall–Kier alpha value is -1.85. The number of hydrogen-bond acceptors (Lipinski definition) is 3. The van der Waals surface area contributed by atoms with Crippen molar-refractivity contribution < 1.29 is 13.6 Å². The molecule has 2 rings (SSSR count). The minimum Gasteiger partial charge on any atom is -0.292 e. The van der Waals surface area contributed by atoms with Crippen molar-refractivity contribution in [3.8, 4) is 0 Å². The zero-order valence-electron chi connectivity index (χ0n) is 9.61. The van der Waals surface area contributed by atoms with E-state index < -0.39 is 17.8 Å². The molecule has 0 aliphatic heterocycles. The van der Waals surface area contributed by atoms with Crippen LogP contribution in [0.15, 0.2) is 42.6 Å². The molecular weight excluding hydrogens is 274 g/mol. The number of carbonyl (C=O) groups is 1. The summed E-state index contributed by atoms with van der Waals surface area (Å²) in [5.74, 6) is -1.54. The number of benzene rings is 1. The van der Waals surface area contributed by atoms with Crippen LogP contribution in [0.3, 0.4) is 0 Å². The summed E-state index contributed by atoms with van der Waals surface area (Å²) in [6.07, 6.45) is 1.24. The van der Waals surface area contributed by atoms with Crippen molar-refractivity contribution in [2.75, 3.05) is 0 Å². The second kappa shape index (κ2) is 5.86. The highest BCUT2D eigenvalue weighted by Gasteiger charge is 2.21. The van der Waals surface area contributed by atoms with E-state index in [1.54, 1.807) is 0 Å². The maximum Gasteiger partial charge on any atom is 0.213 e. The minimum absolute atomic E-state index is 0.275. The number of halogens is 3. The molecule has 0 amide bonds. The topological polar surface area (TPSA) is 42.0 Å². The molecule has 98 valence electrons. The largest absolute Gasteiger partial charge is 0.292 e. The Balaban J connectivity index is 2.31.